The van der Waals surface area contributed by atoms with E-state index in [2.05, 4.69) is 10.4 Å². The molecule has 0 radical (unpaired) electrons. The van der Waals surface area contributed by atoms with Crippen molar-refractivity contribution in [2.24, 2.45) is 0 Å². The maximum absolute atomic E-state index is 12.1. The molecule has 0 unspecified atom stereocenters. The maximum Gasteiger partial charge on any atom is 0.251 e. The minimum atomic E-state index is -0.245. The summed E-state index contributed by atoms with van der Waals surface area (Å²) in [7, 11) is 1.43. The van der Waals surface area contributed by atoms with Crippen LogP contribution < -0.4 is 10.1 Å². The number of amides is 1. The zero-order valence-corrected chi connectivity index (χ0v) is 13.4. The Labute approximate surface area is 133 Å². The number of aromatic nitrogens is 2. The van der Waals surface area contributed by atoms with Crippen molar-refractivity contribution < 1.29 is 14.6 Å². The number of hydrogen-bond donors (Lipinski definition) is 2. The van der Waals surface area contributed by atoms with Crippen LogP contribution in [0, 0.1) is 13.8 Å². The van der Waals surface area contributed by atoms with Crippen LogP contribution in [0.15, 0.2) is 18.2 Å². The second-order valence-electron chi connectivity index (χ2n) is 4.85. The Morgan fingerprint density at radius 2 is 2.18 bits per heavy atom. The van der Waals surface area contributed by atoms with Gasteiger partial charge in [0.05, 0.1) is 30.1 Å². The largest absolute Gasteiger partial charge is 0.504 e. The second-order valence-corrected chi connectivity index (χ2v) is 5.23. The minimum Gasteiger partial charge on any atom is -0.504 e. The molecule has 0 aliphatic heterocycles. The zero-order valence-electron chi connectivity index (χ0n) is 12.7. The number of nitrogens with one attached hydrogen (secondary N) is 1. The van der Waals surface area contributed by atoms with E-state index in [9.17, 15) is 9.90 Å². The summed E-state index contributed by atoms with van der Waals surface area (Å²) in [5.74, 6) is 0.0141. The first-order valence-corrected chi connectivity index (χ1v) is 7.16. The summed E-state index contributed by atoms with van der Waals surface area (Å²) in [5, 5.41) is 17.3. The van der Waals surface area contributed by atoms with Gasteiger partial charge in [-0.25, -0.2) is 0 Å². The van der Waals surface area contributed by atoms with Crippen molar-refractivity contribution in [1.82, 2.24) is 15.1 Å². The molecular weight excluding hydrogens is 306 g/mol. The van der Waals surface area contributed by atoms with E-state index in [1.54, 1.807) is 4.68 Å². The molecule has 1 amide bonds. The van der Waals surface area contributed by atoms with Crippen molar-refractivity contribution in [1.29, 1.82) is 0 Å². The predicted octanol–water partition coefficient (Wildman–Crippen LogP) is 2.30. The van der Waals surface area contributed by atoms with Gasteiger partial charge in [-0.3, -0.25) is 9.48 Å². The Morgan fingerprint density at radius 3 is 2.77 bits per heavy atom. The number of aryl methyl sites for hydroxylation is 1. The average molecular weight is 324 g/mol. The predicted molar refractivity (Wildman–Crippen MR) is 83.7 cm³/mol. The summed E-state index contributed by atoms with van der Waals surface area (Å²) in [5.41, 5.74) is 2.06. The van der Waals surface area contributed by atoms with E-state index in [1.807, 2.05) is 13.8 Å². The Balaban J connectivity index is 1.97. The maximum atomic E-state index is 12.1. The molecule has 118 valence electrons. The number of phenolic OH excluding ortho intramolecular Hbond substituents is 1. The van der Waals surface area contributed by atoms with Gasteiger partial charge in [-0.2, -0.15) is 5.10 Å². The first-order valence-electron chi connectivity index (χ1n) is 6.78. The number of carbonyl (C=O) groups excluding carboxylic acids is 1. The van der Waals surface area contributed by atoms with Crippen LogP contribution >= 0.6 is 11.6 Å². The zero-order chi connectivity index (χ0) is 16.3. The summed E-state index contributed by atoms with van der Waals surface area (Å²) in [6, 6.07) is 4.45. The van der Waals surface area contributed by atoms with E-state index in [-0.39, 0.29) is 17.4 Å². The third-order valence-electron chi connectivity index (χ3n) is 3.34. The lowest BCUT2D eigenvalue weighted by molar-refractivity contribution is 0.0951. The number of benzene rings is 1. The Bertz CT molecular complexity index is 698. The first-order chi connectivity index (χ1) is 10.4. The lowest BCUT2D eigenvalue weighted by Gasteiger charge is -2.09. The van der Waals surface area contributed by atoms with E-state index in [1.165, 1.54) is 25.3 Å². The van der Waals surface area contributed by atoms with Crippen LogP contribution in [0.3, 0.4) is 0 Å². The van der Waals surface area contributed by atoms with E-state index in [0.29, 0.717) is 23.7 Å². The van der Waals surface area contributed by atoms with Crippen LogP contribution in [0.1, 0.15) is 21.7 Å². The number of halogens is 1. The van der Waals surface area contributed by atoms with Crippen LogP contribution in [-0.2, 0) is 6.54 Å². The van der Waals surface area contributed by atoms with Gasteiger partial charge in [-0.1, -0.05) is 11.6 Å². The molecule has 0 spiro atoms. The molecule has 0 fully saturated rings. The molecule has 2 N–H and O–H groups in total. The molecule has 0 aliphatic carbocycles. The molecule has 0 bridgehead atoms. The molecule has 1 heterocycles. The fraction of sp³-hybridized carbons (Fsp3) is 0.333. The van der Waals surface area contributed by atoms with Gasteiger partial charge >= 0.3 is 0 Å². The van der Waals surface area contributed by atoms with Crippen LogP contribution in [0.2, 0.25) is 5.02 Å². The highest BCUT2D eigenvalue weighted by Crippen LogP contribution is 2.26. The molecule has 1 aromatic heterocycles. The fourth-order valence-corrected chi connectivity index (χ4v) is 2.22. The Kier molecular flexibility index (Phi) is 4.92. The summed E-state index contributed by atoms with van der Waals surface area (Å²) in [6.45, 7) is 4.67. The van der Waals surface area contributed by atoms with Crippen LogP contribution in [0.5, 0.6) is 11.5 Å². The Morgan fingerprint density at radius 1 is 1.45 bits per heavy atom. The third kappa shape index (κ3) is 3.33. The first kappa shape index (κ1) is 16.2. The van der Waals surface area contributed by atoms with E-state index in [0.717, 1.165) is 11.4 Å². The number of ether oxygens (including phenoxy) is 1. The highest BCUT2D eigenvalue weighted by molar-refractivity contribution is 6.31. The summed E-state index contributed by atoms with van der Waals surface area (Å²) < 4.78 is 6.74. The molecule has 2 rings (SSSR count). The van der Waals surface area contributed by atoms with Crippen molar-refractivity contribution in [2.45, 2.75) is 20.4 Å². The fourth-order valence-electron chi connectivity index (χ4n) is 2.09. The lowest BCUT2D eigenvalue weighted by Crippen LogP contribution is -2.27. The minimum absolute atomic E-state index is 0.00340. The molecule has 2 aromatic rings. The molecule has 0 saturated heterocycles. The third-order valence-corrected chi connectivity index (χ3v) is 3.89. The molecule has 1 aromatic carbocycles. The number of hydrogen-bond acceptors (Lipinski definition) is 4. The van der Waals surface area contributed by atoms with Gasteiger partial charge in [0.25, 0.3) is 5.91 Å². The van der Waals surface area contributed by atoms with Crippen molar-refractivity contribution in [3.63, 3.8) is 0 Å². The number of rotatable bonds is 5. The van der Waals surface area contributed by atoms with Crippen LogP contribution in [0.4, 0.5) is 0 Å². The van der Waals surface area contributed by atoms with Crippen LogP contribution in [0.25, 0.3) is 0 Å². The summed E-state index contributed by atoms with van der Waals surface area (Å²) in [6.07, 6.45) is 0. The van der Waals surface area contributed by atoms with Gasteiger partial charge in [-0.15, -0.1) is 0 Å². The highest BCUT2D eigenvalue weighted by atomic mass is 35.5. The van der Waals surface area contributed by atoms with E-state index in [4.69, 9.17) is 16.3 Å². The lowest BCUT2D eigenvalue weighted by atomic mass is 10.2. The summed E-state index contributed by atoms with van der Waals surface area (Å²) in [4.78, 5) is 12.1. The van der Waals surface area contributed by atoms with Gasteiger partial charge in [0.2, 0.25) is 0 Å². The SMILES string of the molecule is COc1cc(C(=O)NCCn2nc(C)c(Cl)c2C)ccc1O. The van der Waals surface area contributed by atoms with Gasteiger partial charge in [-0.05, 0) is 32.0 Å². The smallest absolute Gasteiger partial charge is 0.251 e. The van der Waals surface area contributed by atoms with Gasteiger partial charge in [0.1, 0.15) is 0 Å². The Hall–Kier alpha value is -2.21. The molecule has 0 saturated carbocycles. The number of methoxy groups -OCH3 is 1. The van der Waals surface area contributed by atoms with Crippen molar-refractivity contribution in [3.8, 4) is 11.5 Å². The number of nitrogens with zero attached hydrogens (tertiary/aromatic N) is 2. The molecule has 0 aliphatic rings. The molecular formula is C15H18ClN3O3. The molecule has 7 heteroatoms. The van der Waals surface area contributed by atoms with Gasteiger partial charge < -0.3 is 15.2 Å². The number of phenols is 1. The number of aromatic hydroxyl groups is 1. The highest BCUT2D eigenvalue weighted by Gasteiger charge is 2.11. The van der Waals surface area contributed by atoms with Crippen LogP contribution in [-0.4, -0.2) is 34.4 Å². The molecule has 22 heavy (non-hydrogen) atoms. The second kappa shape index (κ2) is 6.70. The number of carbonyl (C=O) groups is 1. The normalized spacial score (nSPS) is 10.5. The van der Waals surface area contributed by atoms with E-state index < -0.39 is 0 Å². The van der Waals surface area contributed by atoms with Gasteiger partial charge in [0.15, 0.2) is 11.5 Å². The van der Waals surface area contributed by atoms with Gasteiger partial charge in [0, 0.05) is 12.1 Å². The van der Waals surface area contributed by atoms with Crippen molar-refractivity contribution in [2.75, 3.05) is 13.7 Å². The van der Waals surface area contributed by atoms with E-state index >= 15 is 0 Å². The monoisotopic (exact) mass is 323 g/mol. The van der Waals surface area contributed by atoms with Crippen molar-refractivity contribution in [3.05, 3.63) is 40.2 Å². The average Bonchev–Trinajstić information content (AvgIpc) is 2.75. The summed E-state index contributed by atoms with van der Waals surface area (Å²) >= 11 is 6.08. The molecule has 6 nitrogen and oxygen atoms in total. The topological polar surface area (TPSA) is 76.4 Å². The standard InChI is InChI=1S/C15H18ClN3O3/c1-9-14(16)10(2)19(18-9)7-6-17-15(21)11-4-5-12(20)13(8-11)22-3/h4-5,8,20H,6-7H2,1-3H3,(H,17,21). The molecule has 0 atom stereocenters. The van der Waals surface area contributed by atoms with Crippen molar-refractivity contribution >= 4 is 17.5 Å². The quantitative estimate of drug-likeness (QED) is 0.885.